The minimum absolute atomic E-state index is 0.137. The Bertz CT molecular complexity index is 1050. The maximum absolute atomic E-state index is 12.4. The Hall–Kier alpha value is -3.12. The zero-order valence-corrected chi connectivity index (χ0v) is 19.1. The minimum atomic E-state index is -0.307. The maximum atomic E-state index is 12.4. The van der Waals surface area contributed by atoms with Crippen LogP contribution >= 0.6 is 15.9 Å². The summed E-state index contributed by atoms with van der Waals surface area (Å²) in [5.41, 5.74) is 2.91. The fourth-order valence-electron chi connectivity index (χ4n) is 2.98. The lowest BCUT2D eigenvalue weighted by atomic mass is 9.99. The number of halogens is 1. The number of hydrogen-bond acceptors (Lipinski definition) is 3. The molecule has 3 aromatic carbocycles. The van der Waals surface area contributed by atoms with Gasteiger partial charge in [-0.1, -0.05) is 44.2 Å². The molecule has 0 heterocycles. The first-order valence-corrected chi connectivity index (χ1v) is 10.9. The van der Waals surface area contributed by atoms with Crippen molar-refractivity contribution in [1.82, 2.24) is 0 Å². The van der Waals surface area contributed by atoms with E-state index < -0.39 is 0 Å². The molecule has 1 atom stereocenters. The predicted octanol–water partition coefficient (Wildman–Crippen LogP) is 6.23. The van der Waals surface area contributed by atoms with Crippen LogP contribution in [0, 0.1) is 0 Å². The summed E-state index contributed by atoms with van der Waals surface area (Å²) in [4.78, 5) is 24.8. The van der Waals surface area contributed by atoms with Crippen molar-refractivity contribution in [3.63, 3.8) is 0 Å². The van der Waals surface area contributed by atoms with Crippen LogP contribution in [0.5, 0.6) is 5.75 Å². The molecule has 31 heavy (non-hydrogen) atoms. The van der Waals surface area contributed by atoms with Gasteiger partial charge in [0.2, 0.25) is 0 Å². The van der Waals surface area contributed by atoms with Crippen molar-refractivity contribution >= 4 is 39.1 Å². The first-order chi connectivity index (χ1) is 15.0. The van der Waals surface area contributed by atoms with Crippen LogP contribution in [0.4, 0.5) is 11.4 Å². The van der Waals surface area contributed by atoms with Gasteiger partial charge in [0.15, 0.2) is 6.61 Å². The van der Waals surface area contributed by atoms with E-state index in [0.29, 0.717) is 28.6 Å². The van der Waals surface area contributed by atoms with Crippen molar-refractivity contribution < 1.29 is 14.3 Å². The van der Waals surface area contributed by atoms with Crippen molar-refractivity contribution in [1.29, 1.82) is 0 Å². The van der Waals surface area contributed by atoms with E-state index in [4.69, 9.17) is 4.74 Å². The monoisotopic (exact) mass is 480 g/mol. The molecule has 5 nitrogen and oxygen atoms in total. The number of nitrogens with one attached hydrogen (secondary N) is 2. The minimum Gasteiger partial charge on any atom is -0.483 e. The Morgan fingerprint density at radius 3 is 2.39 bits per heavy atom. The Morgan fingerprint density at radius 1 is 0.935 bits per heavy atom. The molecule has 0 fully saturated rings. The highest BCUT2D eigenvalue weighted by Gasteiger charge is 2.11. The highest BCUT2D eigenvalue weighted by molar-refractivity contribution is 9.10. The number of para-hydroxylation sites is 1. The molecule has 3 aromatic rings. The molecule has 160 valence electrons. The number of anilines is 2. The molecule has 2 N–H and O–H groups in total. The lowest BCUT2D eigenvalue weighted by Crippen LogP contribution is -2.20. The second-order valence-electron chi connectivity index (χ2n) is 7.24. The van der Waals surface area contributed by atoms with E-state index in [1.54, 1.807) is 24.3 Å². The van der Waals surface area contributed by atoms with Crippen LogP contribution in [0.3, 0.4) is 0 Å². The summed E-state index contributed by atoms with van der Waals surface area (Å²) >= 11 is 3.51. The molecule has 0 saturated carbocycles. The average Bonchev–Trinajstić information content (AvgIpc) is 2.78. The van der Waals surface area contributed by atoms with Gasteiger partial charge in [0.25, 0.3) is 11.8 Å². The van der Waals surface area contributed by atoms with E-state index in [0.717, 1.165) is 10.9 Å². The molecule has 0 aliphatic heterocycles. The summed E-state index contributed by atoms with van der Waals surface area (Å²) in [6.07, 6.45) is 1.05. The number of carbonyl (C=O) groups is 2. The molecule has 0 saturated heterocycles. The highest BCUT2D eigenvalue weighted by atomic mass is 79.9. The summed E-state index contributed by atoms with van der Waals surface area (Å²) < 4.78 is 6.47. The summed E-state index contributed by atoms with van der Waals surface area (Å²) in [5, 5.41) is 5.60. The molecule has 3 rings (SSSR count). The van der Waals surface area contributed by atoms with E-state index in [2.05, 4.69) is 40.4 Å². The summed E-state index contributed by atoms with van der Waals surface area (Å²) in [6.45, 7) is 4.18. The molecular formula is C25H25BrN2O3. The van der Waals surface area contributed by atoms with Gasteiger partial charge in [-0.15, -0.1) is 0 Å². The molecule has 0 radical (unpaired) electrons. The lowest BCUT2D eigenvalue weighted by molar-refractivity contribution is -0.118. The zero-order chi connectivity index (χ0) is 22.2. The van der Waals surface area contributed by atoms with Crippen molar-refractivity contribution in [2.24, 2.45) is 0 Å². The van der Waals surface area contributed by atoms with Crippen molar-refractivity contribution in [2.45, 2.75) is 26.2 Å². The third-order valence-corrected chi connectivity index (χ3v) is 5.56. The molecule has 0 aromatic heterocycles. The van der Waals surface area contributed by atoms with Crippen LogP contribution in [0.2, 0.25) is 0 Å². The highest BCUT2D eigenvalue weighted by Crippen LogP contribution is 2.30. The topological polar surface area (TPSA) is 67.4 Å². The summed E-state index contributed by atoms with van der Waals surface area (Å²) in [7, 11) is 0. The lowest BCUT2D eigenvalue weighted by Gasteiger charge is -2.13. The van der Waals surface area contributed by atoms with Crippen molar-refractivity contribution in [2.75, 3.05) is 17.2 Å². The second kappa shape index (κ2) is 10.8. The van der Waals surface area contributed by atoms with Gasteiger partial charge in [0.1, 0.15) is 5.75 Å². The fraction of sp³-hybridized carbons (Fsp3) is 0.200. The van der Waals surface area contributed by atoms with Crippen LogP contribution in [0.25, 0.3) is 0 Å². The van der Waals surface area contributed by atoms with Crippen LogP contribution in [-0.2, 0) is 4.79 Å². The second-order valence-corrected chi connectivity index (χ2v) is 8.09. The van der Waals surface area contributed by atoms with Crippen molar-refractivity contribution in [3.8, 4) is 5.75 Å². The van der Waals surface area contributed by atoms with E-state index in [1.807, 2.05) is 48.5 Å². The molecule has 0 spiro atoms. The van der Waals surface area contributed by atoms with Crippen LogP contribution in [0.15, 0.2) is 77.3 Å². The smallest absolute Gasteiger partial charge is 0.262 e. The third-order valence-electron chi connectivity index (χ3n) is 4.94. The third kappa shape index (κ3) is 6.43. The van der Waals surface area contributed by atoms with Gasteiger partial charge in [-0.05, 0) is 76.3 Å². The molecular weight excluding hydrogens is 456 g/mol. The summed E-state index contributed by atoms with van der Waals surface area (Å²) in [5.74, 6) is 0.514. The number of benzene rings is 3. The summed E-state index contributed by atoms with van der Waals surface area (Å²) in [6, 6.07) is 21.9. The van der Waals surface area contributed by atoms with E-state index >= 15 is 0 Å². The fourth-order valence-corrected chi connectivity index (χ4v) is 3.49. The normalized spacial score (nSPS) is 11.5. The number of carbonyl (C=O) groups excluding carboxylic acids is 2. The number of ether oxygens (including phenoxy) is 1. The van der Waals surface area contributed by atoms with Crippen LogP contribution in [-0.4, -0.2) is 18.4 Å². The molecule has 0 aliphatic rings. The Kier molecular flexibility index (Phi) is 7.84. The van der Waals surface area contributed by atoms with Gasteiger partial charge >= 0.3 is 0 Å². The molecule has 6 heteroatoms. The predicted molar refractivity (Wildman–Crippen MR) is 128 cm³/mol. The quantitative estimate of drug-likeness (QED) is 0.401. The van der Waals surface area contributed by atoms with Crippen molar-refractivity contribution in [3.05, 3.63) is 88.4 Å². The first-order valence-electron chi connectivity index (χ1n) is 10.1. The Morgan fingerprint density at radius 2 is 1.68 bits per heavy atom. The van der Waals surface area contributed by atoms with Crippen LogP contribution < -0.4 is 15.4 Å². The van der Waals surface area contributed by atoms with E-state index in [9.17, 15) is 9.59 Å². The number of amides is 2. The van der Waals surface area contributed by atoms with Crippen LogP contribution in [0.1, 0.15) is 42.1 Å². The van der Waals surface area contributed by atoms with Gasteiger partial charge in [-0.25, -0.2) is 0 Å². The van der Waals surface area contributed by atoms with Gasteiger partial charge in [-0.3, -0.25) is 9.59 Å². The van der Waals surface area contributed by atoms with Gasteiger partial charge in [0, 0.05) is 16.9 Å². The molecule has 0 aliphatic carbocycles. The van der Waals surface area contributed by atoms with E-state index in [-0.39, 0.29) is 18.4 Å². The molecule has 0 bridgehead atoms. The zero-order valence-electron chi connectivity index (χ0n) is 17.5. The average molecular weight is 481 g/mol. The van der Waals surface area contributed by atoms with E-state index in [1.165, 1.54) is 5.56 Å². The van der Waals surface area contributed by atoms with Gasteiger partial charge < -0.3 is 15.4 Å². The maximum Gasteiger partial charge on any atom is 0.262 e. The first kappa shape index (κ1) is 22.6. The van der Waals surface area contributed by atoms with Gasteiger partial charge in [-0.2, -0.15) is 0 Å². The molecule has 2 amide bonds. The Labute approximate surface area is 191 Å². The SMILES string of the molecule is CCC(C)c1ccc(OCC(=O)Nc2cccc(C(=O)Nc3ccccc3)c2)c(Br)c1. The standard InChI is InChI=1S/C25H25BrN2O3/c1-3-17(2)18-12-13-23(22(26)15-18)31-16-24(29)27-21-11-7-8-19(14-21)25(30)28-20-9-5-4-6-10-20/h4-15,17H,3,16H2,1-2H3,(H,27,29)(H,28,30). The van der Waals surface area contributed by atoms with Gasteiger partial charge in [0.05, 0.1) is 4.47 Å². The number of hydrogen-bond donors (Lipinski definition) is 2. The Balaban J connectivity index is 1.57. The number of rotatable bonds is 8. The molecule has 1 unspecified atom stereocenters. The largest absolute Gasteiger partial charge is 0.483 e.